The summed E-state index contributed by atoms with van der Waals surface area (Å²) >= 11 is 6.36. The molecular formula is C24H20ClN5O2. The minimum Gasteiger partial charge on any atom is -0.481 e. The number of pyridine rings is 2. The molecule has 0 unspecified atom stereocenters. The summed E-state index contributed by atoms with van der Waals surface area (Å²) in [5.41, 5.74) is 7.16. The average Bonchev–Trinajstić information content (AvgIpc) is 3.48. The van der Waals surface area contributed by atoms with Crippen LogP contribution in [0.5, 0.6) is 5.88 Å². The van der Waals surface area contributed by atoms with E-state index in [2.05, 4.69) is 25.6 Å². The standard InChI is InChI=1S/C24H20ClN5O2/c1-11-14(25)4-3-5-15(11)27-23-19-21(13-10-17(13)28-24(19)31)30-22(23)12-8-9-26-16-6-7-18(32-2)29-20(12)16/h3-9,13,17,27,30H,10H2,1-2H3,(H,28,31)/t13-,17+/m0/s1. The van der Waals surface area contributed by atoms with Gasteiger partial charge in [0.05, 0.1) is 29.6 Å². The van der Waals surface area contributed by atoms with Gasteiger partial charge in [0.2, 0.25) is 5.88 Å². The van der Waals surface area contributed by atoms with E-state index in [9.17, 15) is 4.79 Å². The van der Waals surface area contributed by atoms with E-state index in [1.54, 1.807) is 19.4 Å². The van der Waals surface area contributed by atoms with Gasteiger partial charge >= 0.3 is 0 Å². The van der Waals surface area contributed by atoms with Crippen molar-refractivity contribution in [1.82, 2.24) is 20.3 Å². The summed E-state index contributed by atoms with van der Waals surface area (Å²) in [5.74, 6) is 0.726. The van der Waals surface area contributed by atoms with Crippen molar-refractivity contribution >= 4 is 39.9 Å². The number of aromatic nitrogens is 3. The van der Waals surface area contributed by atoms with Crippen molar-refractivity contribution in [3.63, 3.8) is 0 Å². The summed E-state index contributed by atoms with van der Waals surface area (Å²) < 4.78 is 5.35. The summed E-state index contributed by atoms with van der Waals surface area (Å²) in [7, 11) is 1.59. The lowest BCUT2D eigenvalue weighted by Gasteiger charge is -2.16. The summed E-state index contributed by atoms with van der Waals surface area (Å²) in [5, 5.41) is 7.26. The number of carbonyl (C=O) groups is 1. The number of hydrogen-bond acceptors (Lipinski definition) is 5. The zero-order valence-corrected chi connectivity index (χ0v) is 18.2. The Morgan fingerprint density at radius 1 is 1.22 bits per heavy atom. The molecular weight excluding hydrogens is 426 g/mol. The lowest BCUT2D eigenvalue weighted by molar-refractivity contribution is 0.0944. The van der Waals surface area contributed by atoms with Crippen LogP contribution in [0, 0.1) is 6.92 Å². The summed E-state index contributed by atoms with van der Waals surface area (Å²) in [6.07, 6.45) is 2.69. The third kappa shape index (κ3) is 2.85. The van der Waals surface area contributed by atoms with Gasteiger partial charge in [0, 0.05) is 46.2 Å². The number of methoxy groups -OCH3 is 1. The Morgan fingerprint density at radius 2 is 2.09 bits per heavy atom. The van der Waals surface area contributed by atoms with E-state index < -0.39 is 0 Å². The highest BCUT2D eigenvalue weighted by Crippen LogP contribution is 2.50. The fourth-order valence-corrected chi connectivity index (χ4v) is 4.65. The van der Waals surface area contributed by atoms with Crippen LogP contribution in [0.25, 0.3) is 22.3 Å². The van der Waals surface area contributed by atoms with Gasteiger partial charge in [-0.3, -0.25) is 9.78 Å². The minimum atomic E-state index is -0.0765. The molecule has 160 valence electrons. The van der Waals surface area contributed by atoms with E-state index in [1.165, 1.54) is 0 Å². The van der Waals surface area contributed by atoms with Crippen molar-refractivity contribution in [3.05, 3.63) is 64.4 Å². The maximum Gasteiger partial charge on any atom is 0.255 e. The summed E-state index contributed by atoms with van der Waals surface area (Å²) in [6.45, 7) is 1.95. The quantitative estimate of drug-likeness (QED) is 0.414. The zero-order valence-electron chi connectivity index (χ0n) is 17.5. The second-order valence-electron chi connectivity index (χ2n) is 8.20. The molecule has 6 rings (SSSR count). The SMILES string of the molecule is COc1ccc2nccc(-c3[nH]c4c(c3Nc3cccc(Cl)c3C)C(=O)N[C@@H]3C[C@H]43)c2n1. The molecule has 1 aromatic carbocycles. The molecule has 0 bridgehead atoms. The van der Waals surface area contributed by atoms with Crippen molar-refractivity contribution < 1.29 is 9.53 Å². The number of benzene rings is 1. The summed E-state index contributed by atoms with van der Waals surface area (Å²) in [4.78, 5) is 25.7. The molecule has 1 fully saturated rings. The number of nitrogens with one attached hydrogen (secondary N) is 3. The van der Waals surface area contributed by atoms with Crippen LogP contribution < -0.4 is 15.4 Å². The molecule has 1 aliphatic heterocycles. The predicted octanol–water partition coefficient (Wildman–Crippen LogP) is 4.94. The molecule has 32 heavy (non-hydrogen) atoms. The topological polar surface area (TPSA) is 91.9 Å². The van der Waals surface area contributed by atoms with Crippen LogP contribution in [0.1, 0.15) is 34.0 Å². The highest BCUT2D eigenvalue weighted by molar-refractivity contribution is 6.31. The number of fused-ring (bicyclic) bond motifs is 4. The van der Waals surface area contributed by atoms with Crippen molar-refractivity contribution in [3.8, 4) is 17.1 Å². The molecule has 1 aliphatic carbocycles. The zero-order chi connectivity index (χ0) is 22.0. The molecule has 0 saturated heterocycles. The first-order valence-corrected chi connectivity index (χ1v) is 10.8. The number of halogens is 1. The molecule has 1 saturated carbocycles. The maximum atomic E-state index is 13.0. The highest BCUT2D eigenvalue weighted by Gasteiger charge is 2.48. The Labute approximate surface area is 189 Å². The van der Waals surface area contributed by atoms with E-state index in [4.69, 9.17) is 16.3 Å². The third-order valence-electron chi connectivity index (χ3n) is 6.30. The van der Waals surface area contributed by atoms with Crippen LogP contribution in [0.2, 0.25) is 5.02 Å². The fourth-order valence-electron chi connectivity index (χ4n) is 4.47. The normalized spacial score (nSPS) is 18.7. The maximum absolute atomic E-state index is 13.0. The highest BCUT2D eigenvalue weighted by atomic mass is 35.5. The van der Waals surface area contributed by atoms with Crippen molar-refractivity contribution in [2.24, 2.45) is 0 Å². The Kier molecular flexibility index (Phi) is 4.16. The van der Waals surface area contributed by atoms with Crippen molar-refractivity contribution in [2.45, 2.75) is 25.3 Å². The Bertz CT molecular complexity index is 1410. The smallest absolute Gasteiger partial charge is 0.255 e. The van der Waals surface area contributed by atoms with E-state index in [0.29, 0.717) is 33.6 Å². The molecule has 3 aromatic heterocycles. The molecule has 7 nitrogen and oxygen atoms in total. The Morgan fingerprint density at radius 3 is 2.94 bits per heavy atom. The van der Waals surface area contributed by atoms with E-state index >= 15 is 0 Å². The van der Waals surface area contributed by atoms with E-state index in [-0.39, 0.29) is 11.9 Å². The van der Waals surface area contributed by atoms with Gasteiger partial charge in [-0.1, -0.05) is 17.7 Å². The lowest BCUT2D eigenvalue weighted by atomic mass is 10.0. The molecule has 3 N–H and O–H groups in total. The Hall–Kier alpha value is -3.58. The summed E-state index contributed by atoms with van der Waals surface area (Å²) in [6, 6.07) is 11.5. The number of rotatable bonds is 4. The second-order valence-corrected chi connectivity index (χ2v) is 8.61. The molecule has 0 radical (unpaired) electrons. The van der Waals surface area contributed by atoms with Crippen molar-refractivity contribution in [1.29, 1.82) is 0 Å². The number of aromatic amines is 1. The van der Waals surface area contributed by atoms with E-state index in [0.717, 1.165) is 40.1 Å². The Balaban J connectivity index is 1.61. The van der Waals surface area contributed by atoms with Gasteiger partial charge in [-0.2, -0.15) is 0 Å². The van der Waals surface area contributed by atoms with E-state index in [1.807, 2.05) is 37.3 Å². The van der Waals surface area contributed by atoms with Gasteiger partial charge in [-0.05, 0) is 43.2 Å². The van der Waals surface area contributed by atoms with Crippen LogP contribution in [0.15, 0.2) is 42.6 Å². The average molecular weight is 446 g/mol. The van der Waals surface area contributed by atoms with Crippen LogP contribution in [-0.4, -0.2) is 34.0 Å². The van der Waals surface area contributed by atoms with Crippen LogP contribution in [-0.2, 0) is 0 Å². The first kappa shape index (κ1) is 19.1. The van der Waals surface area contributed by atoms with Crippen molar-refractivity contribution in [2.75, 3.05) is 12.4 Å². The third-order valence-corrected chi connectivity index (χ3v) is 6.71. The van der Waals surface area contributed by atoms with Gasteiger partial charge < -0.3 is 20.4 Å². The largest absolute Gasteiger partial charge is 0.481 e. The number of amides is 1. The number of hydrogen-bond donors (Lipinski definition) is 3. The van der Waals surface area contributed by atoms with Crippen LogP contribution in [0.3, 0.4) is 0 Å². The predicted molar refractivity (Wildman–Crippen MR) is 124 cm³/mol. The number of ether oxygens (including phenoxy) is 1. The molecule has 2 atom stereocenters. The monoisotopic (exact) mass is 445 g/mol. The van der Waals surface area contributed by atoms with Gasteiger partial charge in [-0.25, -0.2) is 4.98 Å². The lowest BCUT2D eigenvalue weighted by Crippen LogP contribution is -2.31. The molecule has 1 amide bonds. The molecule has 0 spiro atoms. The molecule has 4 aromatic rings. The van der Waals surface area contributed by atoms with Gasteiger partial charge in [0.25, 0.3) is 5.91 Å². The van der Waals surface area contributed by atoms with Gasteiger partial charge in [0.1, 0.15) is 5.52 Å². The minimum absolute atomic E-state index is 0.0765. The van der Waals surface area contributed by atoms with Gasteiger partial charge in [0.15, 0.2) is 0 Å². The first-order chi connectivity index (χ1) is 15.5. The number of H-pyrrole nitrogens is 1. The molecule has 4 heterocycles. The van der Waals surface area contributed by atoms with Crippen LogP contribution in [0.4, 0.5) is 11.4 Å². The number of carbonyl (C=O) groups excluding carboxylic acids is 1. The molecule has 8 heteroatoms. The fraction of sp³-hybridized carbons (Fsp3) is 0.208. The van der Waals surface area contributed by atoms with Gasteiger partial charge in [-0.15, -0.1) is 0 Å². The van der Waals surface area contributed by atoms with Crippen LogP contribution >= 0.6 is 11.6 Å². The first-order valence-electron chi connectivity index (χ1n) is 10.4. The molecule has 2 aliphatic rings. The second kappa shape index (κ2) is 6.97. The number of anilines is 2. The number of nitrogens with zero attached hydrogens (tertiary/aromatic N) is 2.